The normalized spacial score (nSPS) is 31.8. The van der Waals surface area contributed by atoms with Crippen LogP contribution in [0, 0.1) is 17.8 Å². The molecule has 4 unspecified atom stereocenters. The number of aliphatic hydroxyl groups is 1. The topological polar surface area (TPSA) is 20.2 Å². The Bertz CT molecular complexity index is 415. The van der Waals surface area contributed by atoms with Crippen LogP contribution >= 0.6 is 11.8 Å². The summed E-state index contributed by atoms with van der Waals surface area (Å²) in [6, 6.07) is 8.38. The fourth-order valence-electron chi connectivity index (χ4n) is 3.65. The van der Waals surface area contributed by atoms with E-state index in [1.165, 1.54) is 36.3 Å². The Balaban J connectivity index is 1.58. The van der Waals surface area contributed by atoms with Gasteiger partial charge in [-0.2, -0.15) is 0 Å². The second-order valence-corrected chi connectivity index (χ2v) is 7.09. The van der Waals surface area contributed by atoms with Crippen LogP contribution in [-0.4, -0.2) is 10.9 Å². The van der Waals surface area contributed by atoms with Gasteiger partial charge in [-0.05, 0) is 61.6 Å². The van der Waals surface area contributed by atoms with E-state index in [1.54, 1.807) is 0 Å². The van der Waals surface area contributed by atoms with Crippen molar-refractivity contribution in [3.8, 4) is 0 Å². The summed E-state index contributed by atoms with van der Waals surface area (Å²) in [5.41, 5.74) is 1.04. The largest absolute Gasteiger partial charge is 0.389 e. The predicted octanol–water partition coefficient (Wildman–Crippen LogP) is 4.27. The van der Waals surface area contributed by atoms with Gasteiger partial charge in [-0.3, -0.25) is 0 Å². The van der Waals surface area contributed by atoms with Crippen LogP contribution in [0.1, 0.15) is 44.3 Å². The highest BCUT2D eigenvalue weighted by Gasteiger charge is 2.39. The van der Waals surface area contributed by atoms with Crippen molar-refractivity contribution in [2.45, 2.75) is 43.6 Å². The highest BCUT2D eigenvalue weighted by molar-refractivity contribution is 7.99. The van der Waals surface area contributed by atoms with Crippen molar-refractivity contribution in [3.05, 3.63) is 29.8 Å². The molecule has 2 bridgehead atoms. The van der Waals surface area contributed by atoms with Crippen molar-refractivity contribution in [2.75, 3.05) is 5.75 Å². The first-order valence-corrected chi connectivity index (χ1v) is 8.12. The van der Waals surface area contributed by atoms with E-state index in [2.05, 4.69) is 18.2 Å². The summed E-state index contributed by atoms with van der Waals surface area (Å²) in [5, 5.41) is 9.60. The highest BCUT2D eigenvalue weighted by Crippen LogP contribution is 2.49. The molecule has 1 N–H and O–H groups in total. The zero-order valence-electron chi connectivity index (χ0n) is 11.0. The second-order valence-electron chi connectivity index (χ2n) is 5.99. The molecule has 0 radical (unpaired) electrons. The SMILES string of the molecule is CC(O)c1cccc(SCC2CC3CCC2C3)c1. The quantitative estimate of drug-likeness (QED) is 0.818. The molecule has 1 aromatic rings. The fraction of sp³-hybridized carbons (Fsp3) is 0.625. The van der Waals surface area contributed by atoms with Crippen molar-refractivity contribution in [3.63, 3.8) is 0 Å². The minimum Gasteiger partial charge on any atom is -0.389 e. The Kier molecular flexibility index (Phi) is 3.67. The van der Waals surface area contributed by atoms with Crippen molar-refractivity contribution in [1.82, 2.24) is 0 Å². The molecule has 2 heteroatoms. The standard InChI is InChI=1S/C16H22OS/c1-11(17)13-3-2-4-16(9-13)18-10-15-8-12-5-6-14(15)7-12/h2-4,9,11-12,14-15,17H,5-8,10H2,1H3. The van der Waals surface area contributed by atoms with Gasteiger partial charge in [0.25, 0.3) is 0 Å². The van der Waals surface area contributed by atoms with Crippen LogP contribution in [0.4, 0.5) is 0 Å². The minimum atomic E-state index is -0.354. The molecule has 4 atom stereocenters. The molecule has 1 aromatic carbocycles. The van der Waals surface area contributed by atoms with E-state index in [-0.39, 0.29) is 6.10 Å². The molecule has 0 aromatic heterocycles. The molecule has 0 saturated heterocycles. The maximum atomic E-state index is 9.60. The molecule has 3 rings (SSSR count). The van der Waals surface area contributed by atoms with Crippen molar-refractivity contribution >= 4 is 11.8 Å². The molecule has 0 aliphatic heterocycles. The number of aliphatic hydroxyl groups excluding tert-OH is 1. The van der Waals surface area contributed by atoms with E-state index in [4.69, 9.17) is 0 Å². The van der Waals surface area contributed by atoms with Gasteiger partial charge in [-0.15, -0.1) is 11.8 Å². The summed E-state index contributed by atoms with van der Waals surface area (Å²) in [7, 11) is 0. The first-order chi connectivity index (χ1) is 8.72. The lowest BCUT2D eigenvalue weighted by molar-refractivity contribution is 0.199. The summed E-state index contributed by atoms with van der Waals surface area (Å²) >= 11 is 1.98. The summed E-state index contributed by atoms with van der Waals surface area (Å²) in [4.78, 5) is 1.32. The third-order valence-electron chi connectivity index (χ3n) is 4.69. The van der Waals surface area contributed by atoms with Crippen LogP contribution in [0.15, 0.2) is 29.2 Å². The summed E-state index contributed by atoms with van der Waals surface area (Å²) in [6.45, 7) is 1.83. The van der Waals surface area contributed by atoms with Crippen molar-refractivity contribution in [2.24, 2.45) is 17.8 Å². The number of benzene rings is 1. The average Bonchev–Trinajstić information content (AvgIpc) is 2.99. The van der Waals surface area contributed by atoms with Gasteiger partial charge in [0, 0.05) is 10.6 Å². The Morgan fingerprint density at radius 3 is 2.89 bits per heavy atom. The summed E-state index contributed by atoms with van der Waals surface area (Å²) in [5.74, 6) is 4.28. The molecule has 98 valence electrons. The van der Waals surface area contributed by atoms with Gasteiger partial charge in [-0.25, -0.2) is 0 Å². The molecular formula is C16H22OS. The molecule has 2 saturated carbocycles. The third kappa shape index (κ3) is 2.60. The lowest BCUT2D eigenvalue weighted by Gasteiger charge is -2.21. The lowest BCUT2D eigenvalue weighted by Crippen LogP contribution is -2.12. The molecule has 0 amide bonds. The van der Waals surface area contributed by atoms with E-state index >= 15 is 0 Å². The van der Waals surface area contributed by atoms with Crippen LogP contribution < -0.4 is 0 Å². The molecule has 2 aliphatic carbocycles. The number of fused-ring (bicyclic) bond motifs is 2. The van der Waals surface area contributed by atoms with Gasteiger partial charge < -0.3 is 5.11 Å². The Morgan fingerprint density at radius 2 is 2.22 bits per heavy atom. The van der Waals surface area contributed by atoms with E-state index in [1.807, 2.05) is 24.8 Å². The number of thioether (sulfide) groups is 1. The van der Waals surface area contributed by atoms with E-state index < -0.39 is 0 Å². The van der Waals surface area contributed by atoms with E-state index in [0.717, 1.165) is 23.3 Å². The number of hydrogen-bond acceptors (Lipinski definition) is 2. The fourth-order valence-corrected chi connectivity index (χ4v) is 4.86. The van der Waals surface area contributed by atoms with Gasteiger partial charge in [0.1, 0.15) is 0 Å². The smallest absolute Gasteiger partial charge is 0.0762 e. The number of hydrogen-bond donors (Lipinski definition) is 1. The van der Waals surface area contributed by atoms with Gasteiger partial charge in [-0.1, -0.05) is 18.6 Å². The maximum absolute atomic E-state index is 9.60. The van der Waals surface area contributed by atoms with Crippen LogP contribution in [-0.2, 0) is 0 Å². The lowest BCUT2D eigenvalue weighted by atomic mass is 9.90. The van der Waals surface area contributed by atoms with Crippen LogP contribution in [0.5, 0.6) is 0 Å². The monoisotopic (exact) mass is 262 g/mol. The molecule has 0 heterocycles. The summed E-state index contributed by atoms with van der Waals surface area (Å²) < 4.78 is 0. The zero-order chi connectivity index (χ0) is 12.5. The Hall–Kier alpha value is -0.470. The van der Waals surface area contributed by atoms with Gasteiger partial charge in [0.15, 0.2) is 0 Å². The second kappa shape index (κ2) is 5.26. The van der Waals surface area contributed by atoms with Crippen molar-refractivity contribution < 1.29 is 5.11 Å². The predicted molar refractivity (Wildman–Crippen MR) is 76.7 cm³/mol. The maximum Gasteiger partial charge on any atom is 0.0762 e. The van der Waals surface area contributed by atoms with Crippen LogP contribution in [0.25, 0.3) is 0 Å². The Morgan fingerprint density at radius 1 is 1.33 bits per heavy atom. The van der Waals surface area contributed by atoms with E-state index in [9.17, 15) is 5.11 Å². The van der Waals surface area contributed by atoms with Crippen LogP contribution in [0.3, 0.4) is 0 Å². The molecular weight excluding hydrogens is 240 g/mol. The minimum absolute atomic E-state index is 0.354. The van der Waals surface area contributed by atoms with Crippen molar-refractivity contribution in [1.29, 1.82) is 0 Å². The van der Waals surface area contributed by atoms with Crippen LogP contribution in [0.2, 0.25) is 0 Å². The highest BCUT2D eigenvalue weighted by atomic mass is 32.2. The molecule has 2 aliphatic rings. The number of rotatable bonds is 4. The Labute approximate surface area is 114 Å². The molecule has 2 fully saturated rings. The first kappa shape index (κ1) is 12.6. The third-order valence-corrected chi connectivity index (χ3v) is 5.87. The summed E-state index contributed by atoms with van der Waals surface area (Å²) in [6.07, 6.45) is 5.58. The molecule has 0 spiro atoms. The molecule has 1 nitrogen and oxygen atoms in total. The van der Waals surface area contributed by atoms with Gasteiger partial charge >= 0.3 is 0 Å². The van der Waals surface area contributed by atoms with Gasteiger partial charge in [0.2, 0.25) is 0 Å². The average molecular weight is 262 g/mol. The van der Waals surface area contributed by atoms with E-state index in [0.29, 0.717) is 0 Å². The van der Waals surface area contributed by atoms with Gasteiger partial charge in [0.05, 0.1) is 6.10 Å². The zero-order valence-corrected chi connectivity index (χ0v) is 11.8. The molecule has 18 heavy (non-hydrogen) atoms. The first-order valence-electron chi connectivity index (χ1n) is 7.13.